The molecule has 4 rings (SSSR count). The van der Waals surface area contributed by atoms with E-state index in [9.17, 15) is 23.9 Å². The summed E-state index contributed by atoms with van der Waals surface area (Å²) in [4.78, 5) is 39.5. The number of hydrogen-bond acceptors (Lipinski definition) is 5. The number of amides is 2. The molecule has 1 aromatic carbocycles. The number of fused-ring (bicyclic) bond motifs is 2. The number of carbonyl (C=O) groups excluding carboxylic acids is 2. The zero-order chi connectivity index (χ0) is 22.5. The summed E-state index contributed by atoms with van der Waals surface area (Å²) < 4.78 is 20.9. The Morgan fingerprint density at radius 3 is 2.87 bits per heavy atom. The molecule has 2 aromatic rings. The van der Waals surface area contributed by atoms with Crippen LogP contribution in [0.25, 0.3) is 0 Å². The number of pyridine rings is 1. The first-order valence-electron chi connectivity index (χ1n) is 9.66. The van der Waals surface area contributed by atoms with Crippen molar-refractivity contribution >= 4 is 23.4 Å². The zero-order valence-electron chi connectivity index (χ0n) is 16.9. The second kappa shape index (κ2) is 7.65. The first-order chi connectivity index (χ1) is 14.7. The molecular formula is C21H21ClFN3O5. The Hall–Kier alpha value is -2.91. The summed E-state index contributed by atoms with van der Waals surface area (Å²) in [5.41, 5.74) is -1.84. The third kappa shape index (κ3) is 3.37. The van der Waals surface area contributed by atoms with Gasteiger partial charge in [-0.25, -0.2) is 4.39 Å². The number of nitrogens with zero attached hydrogens (tertiary/aromatic N) is 2. The molecule has 0 radical (unpaired) electrons. The fourth-order valence-corrected chi connectivity index (χ4v) is 4.48. The van der Waals surface area contributed by atoms with E-state index in [0.717, 1.165) is 0 Å². The number of methoxy groups -OCH3 is 1. The van der Waals surface area contributed by atoms with Crippen LogP contribution >= 0.6 is 11.6 Å². The maximum absolute atomic E-state index is 14.1. The van der Waals surface area contributed by atoms with Crippen LogP contribution in [0.15, 0.2) is 29.2 Å². The molecule has 2 amide bonds. The summed E-state index contributed by atoms with van der Waals surface area (Å²) in [7, 11) is 3.17. The Labute approximate surface area is 182 Å². The number of aromatic hydroxyl groups is 1. The van der Waals surface area contributed by atoms with Crippen molar-refractivity contribution in [3.63, 3.8) is 0 Å². The Morgan fingerprint density at radius 2 is 2.16 bits per heavy atom. The number of ether oxygens (including phenoxy) is 1. The van der Waals surface area contributed by atoms with Gasteiger partial charge in [0.2, 0.25) is 5.43 Å². The number of likely N-dealkylation sites (N-methyl/N-ethyl adjacent to an activating group) is 1. The lowest BCUT2D eigenvalue weighted by atomic mass is 10.0. The second-order valence-electron chi connectivity index (χ2n) is 7.96. The van der Waals surface area contributed by atoms with Gasteiger partial charge in [-0.15, -0.1) is 0 Å². The van der Waals surface area contributed by atoms with Crippen molar-refractivity contribution in [2.45, 2.75) is 18.5 Å². The molecule has 1 aromatic heterocycles. The number of aromatic nitrogens is 1. The molecule has 1 saturated carbocycles. The molecule has 1 spiro atoms. The number of halogens is 2. The van der Waals surface area contributed by atoms with Crippen LogP contribution in [0.2, 0.25) is 5.02 Å². The van der Waals surface area contributed by atoms with Gasteiger partial charge in [0.15, 0.2) is 11.4 Å². The highest BCUT2D eigenvalue weighted by Crippen LogP contribution is 2.53. The molecule has 1 aliphatic heterocycles. The predicted octanol–water partition coefficient (Wildman–Crippen LogP) is 1.72. The fraction of sp³-hybridized carbons (Fsp3) is 0.381. The van der Waals surface area contributed by atoms with Gasteiger partial charge in [-0.2, -0.15) is 0 Å². The van der Waals surface area contributed by atoms with Crippen molar-refractivity contribution in [2.24, 2.45) is 5.92 Å². The van der Waals surface area contributed by atoms with Gasteiger partial charge in [0.1, 0.15) is 11.4 Å². The van der Waals surface area contributed by atoms with Crippen LogP contribution in [-0.4, -0.2) is 53.7 Å². The summed E-state index contributed by atoms with van der Waals surface area (Å²) in [6, 6.07) is 4.39. The van der Waals surface area contributed by atoms with Gasteiger partial charge in [-0.3, -0.25) is 14.4 Å². The lowest BCUT2D eigenvalue weighted by molar-refractivity contribution is 0.0664. The molecule has 0 unspecified atom stereocenters. The monoisotopic (exact) mass is 449 g/mol. The van der Waals surface area contributed by atoms with Crippen molar-refractivity contribution in [3.05, 3.63) is 62.3 Å². The normalized spacial score (nSPS) is 21.9. The van der Waals surface area contributed by atoms with Crippen molar-refractivity contribution in [2.75, 3.05) is 27.3 Å². The number of benzene rings is 1. The fourth-order valence-electron chi connectivity index (χ4n) is 4.29. The standard InChI is InChI=1S/C21H21ClFN3O5/c1-25-10-21(6-12(21)9-31-2)26-8-13(17(27)18(28)16(26)20(25)30)19(29)24-7-11-4-3-5-14(22)15(11)23/h3-5,8,12,28H,6-7,9-10H2,1-2H3,(H,24,29)/t12-,21-/m0/s1. The third-order valence-corrected chi connectivity index (χ3v) is 6.30. The van der Waals surface area contributed by atoms with Gasteiger partial charge in [-0.1, -0.05) is 23.7 Å². The summed E-state index contributed by atoms with van der Waals surface area (Å²) >= 11 is 5.75. The lowest BCUT2D eigenvalue weighted by Gasteiger charge is -2.35. The maximum atomic E-state index is 14.1. The van der Waals surface area contributed by atoms with Gasteiger partial charge in [0.25, 0.3) is 11.8 Å². The molecule has 8 nitrogen and oxygen atoms in total. The van der Waals surface area contributed by atoms with Crippen molar-refractivity contribution in [1.29, 1.82) is 0 Å². The largest absolute Gasteiger partial charge is 0.503 e. The Balaban J connectivity index is 1.70. The number of rotatable bonds is 5. The Kier molecular flexibility index (Phi) is 5.26. The third-order valence-electron chi connectivity index (χ3n) is 6.01. The molecule has 31 heavy (non-hydrogen) atoms. The summed E-state index contributed by atoms with van der Waals surface area (Å²) in [6.07, 6.45) is 1.98. The molecule has 2 atom stereocenters. The van der Waals surface area contributed by atoms with Crippen LogP contribution in [0.1, 0.15) is 32.8 Å². The number of hydrogen-bond donors (Lipinski definition) is 2. The molecule has 1 aliphatic carbocycles. The molecule has 164 valence electrons. The first kappa shape index (κ1) is 21.3. The quantitative estimate of drug-likeness (QED) is 0.724. The van der Waals surface area contributed by atoms with Gasteiger partial charge in [0, 0.05) is 44.9 Å². The zero-order valence-corrected chi connectivity index (χ0v) is 17.7. The van der Waals surface area contributed by atoms with Crippen molar-refractivity contribution in [3.8, 4) is 5.75 Å². The van der Waals surface area contributed by atoms with E-state index in [0.29, 0.717) is 19.6 Å². The smallest absolute Gasteiger partial charge is 0.274 e. The van der Waals surface area contributed by atoms with Crippen LogP contribution in [0, 0.1) is 11.7 Å². The minimum absolute atomic E-state index is 0.0603. The number of carbonyl (C=O) groups is 2. The number of nitrogens with one attached hydrogen (secondary N) is 1. The lowest BCUT2D eigenvalue weighted by Crippen LogP contribution is -2.48. The average molecular weight is 450 g/mol. The van der Waals surface area contributed by atoms with E-state index in [4.69, 9.17) is 16.3 Å². The molecule has 1 fully saturated rings. The second-order valence-corrected chi connectivity index (χ2v) is 8.36. The van der Waals surface area contributed by atoms with E-state index in [1.165, 1.54) is 27.8 Å². The van der Waals surface area contributed by atoms with Crippen LogP contribution < -0.4 is 10.7 Å². The maximum Gasteiger partial charge on any atom is 0.274 e. The molecule has 0 saturated heterocycles. The van der Waals surface area contributed by atoms with Crippen LogP contribution in [0.5, 0.6) is 5.75 Å². The van der Waals surface area contributed by atoms with Crippen molar-refractivity contribution in [1.82, 2.24) is 14.8 Å². The predicted molar refractivity (Wildman–Crippen MR) is 110 cm³/mol. The van der Waals surface area contributed by atoms with Gasteiger partial charge < -0.3 is 24.6 Å². The Bertz CT molecular complexity index is 1150. The van der Waals surface area contributed by atoms with E-state index in [2.05, 4.69) is 5.32 Å². The minimum Gasteiger partial charge on any atom is -0.503 e. The van der Waals surface area contributed by atoms with E-state index in [1.54, 1.807) is 20.2 Å². The van der Waals surface area contributed by atoms with Crippen LogP contribution in [0.4, 0.5) is 4.39 Å². The van der Waals surface area contributed by atoms with E-state index < -0.39 is 34.3 Å². The van der Waals surface area contributed by atoms with Crippen LogP contribution in [0.3, 0.4) is 0 Å². The summed E-state index contributed by atoms with van der Waals surface area (Å²) in [6.45, 7) is 0.597. The summed E-state index contributed by atoms with van der Waals surface area (Å²) in [5, 5.41) is 12.9. The molecule has 2 N–H and O–H groups in total. The first-order valence-corrected chi connectivity index (χ1v) is 10.0. The molecule has 2 aliphatic rings. The molecular weight excluding hydrogens is 429 g/mol. The van der Waals surface area contributed by atoms with E-state index >= 15 is 0 Å². The van der Waals surface area contributed by atoms with Crippen molar-refractivity contribution < 1.29 is 23.8 Å². The highest BCUT2D eigenvalue weighted by Gasteiger charge is 2.60. The Morgan fingerprint density at radius 1 is 1.42 bits per heavy atom. The molecule has 2 heterocycles. The minimum atomic E-state index is -0.960. The van der Waals surface area contributed by atoms with Gasteiger partial charge in [0.05, 0.1) is 17.2 Å². The average Bonchev–Trinajstić information content (AvgIpc) is 3.41. The highest BCUT2D eigenvalue weighted by molar-refractivity contribution is 6.30. The topological polar surface area (TPSA) is 101 Å². The van der Waals surface area contributed by atoms with Crippen LogP contribution in [-0.2, 0) is 16.8 Å². The summed E-state index contributed by atoms with van der Waals surface area (Å²) in [5.74, 6) is -2.68. The van der Waals surface area contributed by atoms with Gasteiger partial charge in [-0.05, 0) is 12.5 Å². The molecule has 10 heteroatoms. The van der Waals surface area contributed by atoms with E-state index in [-0.39, 0.29) is 34.3 Å². The van der Waals surface area contributed by atoms with Gasteiger partial charge >= 0.3 is 0 Å². The molecule has 0 bridgehead atoms. The SMILES string of the molecule is COC[C@@H]1C[C@]12CN(C)C(=O)c1c(O)c(=O)c(C(=O)NCc3cccc(Cl)c3F)cn12. The highest BCUT2D eigenvalue weighted by atomic mass is 35.5. The van der Waals surface area contributed by atoms with E-state index in [1.807, 2.05) is 0 Å².